The predicted octanol–water partition coefficient (Wildman–Crippen LogP) is 3.86. The molecule has 0 aliphatic heterocycles. The van der Waals surface area contributed by atoms with Crippen LogP contribution in [0.2, 0.25) is 5.02 Å². The number of ether oxygens (including phenoxy) is 1. The highest BCUT2D eigenvalue weighted by Crippen LogP contribution is 2.25. The number of hydrogen-bond acceptors (Lipinski definition) is 2. The summed E-state index contributed by atoms with van der Waals surface area (Å²) >= 11 is 5.71. The van der Waals surface area contributed by atoms with Gasteiger partial charge in [-0.2, -0.15) is 0 Å². The molecule has 0 bridgehead atoms. The van der Waals surface area contributed by atoms with Crippen molar-refractivity contribution in [3.63, 3.8) is 0 Å². The molecule has 0 aliphatic rings. The van der Waals surface area contributed by atoms with Gasteiger partial charge >= 0.3 is 0 Å². The van der Waals surface area contributed by atoms with Crippen LogP contribution in [0.1, 0.15) is 15.9 Å². The lowest BCUT2D eigenvalue weighted by atomic mass is 10.0. The molecule has 0 aliphatic carbocycles. The molecule has 2 aromatic carbocycles. The van der Waals surface area contributed by atoms with Gasteiger partial charge in [-0.15, -0.1) is 0 Å². The van der Waals surface area contributed by atoms with Crippen molar-refractivity contribution in [1.29, 1.82) is 0 Å². The van der Waals surface area contributed by atoms with E-state index in [9.17, 15) is 13.6 Å². The van der Waals surface area contributed by atoms with E-state index in [4.69, 9.17) is 16.3 Å². The average Bonchev–Trinajstić information content (AvgIpc) is 2.41. The van der Waals surface area contributed by atoms with Crippen LogP contribution in [0.15, 0.2) is 36.4 Å². The van der Waals surface area contributed by atoms with Crippen LogP contribution in [0, 0.1) is 11.6 Å². The number of benzene rings is 2. The van der Waals surface area contributed by atoms with Gasteiger partial charge in [-0.25, -0.2) is 8.78 Å². The Bertz CT molecular complexity index is 641. The number of hydrogen-bond donors (Lipinski definition) is 0. The molecule has 0 radical (unpaired) electrons. The minimum Gasteiger partial charge on any atom is -0.497 e. The Kier molecular flexibility index (Phi) is 3.81. The van der Waals surface area contributed by atoms with Gasteiger partial charge in [-0.3, -0.25) is 4.79 Å². The molecule has 0 aromatic heterocycles. The number of halogens is 3. The van der Waals surface area contributed by atoms with Crippen molar-refractivity contribution in [3.8, 4) is 5.75 Å². The van der Waals surface area contributed by atoms with E-state index < -0.39 is 17.4 Å². The van der Waals surface area contributed by atoms with Crippen molar-refractivity contribution < 1.29 is 18.3 Å². The summed E-state index contributed by atoms with van der Waals surface area (Å²) in [5, 5.41) is -0.317. The minimum absolute atomic E-state index is 0.0780. The molecular formula is C14H9ClF2O2. The molecule has 0 saturated carbocycles. The fraction of sp³-hybridized carbons (Fsp3) is 0.0714. The highest BCUT2D eigenvalue weighted by Gasteiger charge is 2.18. The van der Waals surface area contributed by atoms with E-state index in [-0.39, 0.29) is 16.1 Å². The van der Waals surface area contributed by atoms with Crippen molar-refractivity contribution in [2.24, 2.45) is 0 Å². The average molecular weight is 283 g/mol. The molecule has 5 heteroatoms. The van der Waals surface area contributed by atoms with E-state index in [1.807, 2.05) is 0 Å². The third-order valence-electron chi connectivity index (χ3n) is 2.62. The molecule has 0 spiro atoms. The maximum absolute atomic E-state index is 13.8. The van der Waals surface area contributed by atoms with Gasteiger partial charge in [-0.1, -0.05) is 17.7 Å². The van der Waals surface area contributed by atoms with Crippen LogP contribution in [-0.2, 0) is 0 Å². The first-order chi connectivity index (χ1) is 9.04. The first kappa shape index (κ1) is 13.5. The van der Waals surface area contributed by atoms with Crippen LogP contribution in [0.3, 0.4) is 0 Å². The lowest BCUT2D eigenvalue weighted by Crippen LogP contribution is -2.06. The fourth-order valence-corrected chi connectivity index (χ4v) is 1.84. The lowest BCUT2D eigenvalue weighted by Gasteiger charge is -2.07. The van der Waals surface area contributed by atoms with Crippen LogP contribution < -0.4 is 4.74 Å². The van der Waals surface area contributed by atoms with E-state index in [0.717, 1.165) is 12.1 Å². The standard InChI is InChI=1S/C14H9ClF2O2/c1-19-8-5-6-9(12(17)7-8)14(18)10-3-2-4-11(16)13(10)15/h2-7H,1H3. The summed E-state index contributed by atoms with van der Waals surface area (Å²) in [5.74, 6) is -1.85. The molecule has 0 saturated heterocycles. The van der Waals surface area contributed by atoms with Gasteiger partial charge < -0.3 is 4.74 Å². The third-order valence-corrected chi connectivity index (χ3v) is 3.00. The van der Waals surface area contributed by atoms with Crippen LogP contribution in [0.4, 0.5) is 8.78 Å². The molecule has 0 unspecified atom stereocenters. The largest absolute Gasteiger partial charge is 0.497 e. The Morgan fingerprint density at radius 3 is 2.47 bits per heavy atom. The summed E-state index contributed by atoms with van der Waals surface area (Å²) in [5.41, 5.74) is -0.265. The van der Waals surface area contributed by atoms with Crippen molar-refractivity contribution in [1.82, 2.24) is 0 Å². The van der Waals surface area contributed by atoms with Crippen LogP contribution >= 0.6 is 11.6 Å². The zero-order chi connectivity index (χ0) is 14.0. The molecule has 2 aromatic rings. The van der Waals surface area contributed by atoms with Gasteiger partial charge in [0.25, 0.3) is 0 Å². The van der Waals surface area contributed by atoms with E-state index in [0.29, 0.717) is 5.75 Å². The fourth-order valence-electron chi connectivity index (χ4n) is 1.63. The summed E-state index contributed by atoms with van der Waals surface area (Å²) in [6.07, 6.45) is 0. The normalized spacial score (nSPS) is 10.3. The summed E-state index contributed by atoms with van der Waals surface area (Å²) in [7, 11) is 1.39. The third kappa shape index (κ3) is 2.58. The highest BCUT2D eigenvalue weighted by molar-refractivity contribution is 6.35. The summed E-state index contributed by atoms with van der Waals surface area (Å²) < 4.78 is 31.9. The Balaban J connectivity index is 2.47. The van der Waals surface area contributed by atoms with Crippen LogP contribution in [0.25, 0.3) is 0 Å². The second kappa shape index (κ2) is 5.36. The lowest BCUT2D eigenvalue weighted by molar-refractivity contribution is 0.103. The Hall–Kier alpha value is -1.94. The predicted molar refractivity (Wildman–Crippen MR) is 67.8 cm³/mol. The number of rotatable bonds is 3. The second-order valence-corrected chi connectivity index (χ2v) is 4.15. The quantitative estimate of drug-likeness (QED) is 0.799. The molecular weight excluding hydrogens is 274 g/mol. The van der Waals surface area contributed by atoms with E-state index in [1.54, 1.807) is 0 Å². The van der Waals surface area contributed by atoms with Gasteiger partial charge in [0, 0.05) is 11.6 Å². The molecule has 0 heterocycles. The zero-order valence-electron chi connectivity index (χ0n) is 9.91. The first-order valence-electron chi connectivity index (χ1n) is 5.37. The maximum Gasteiger partial charge on any atom is 0.197 e. The van der Waals surface area contributed by atoms with E-state index in [1.165, 1.54) is 31.4 Å². The monoisotopic (exact) mass is 282 g/mol. The minimum atomic E-state index is -0.746. The molecule has 2 rings (SSSR count). The summed E-state index contributed by atoms with van der Waals surface area (Å²) in [4.78, 5) is 12.1. The van der Waals surface area contributed by atoms with Crippen LogP contribution in [0.5, 0.6) is 5.75 Å². The highest BCUT2D eigenvalue weighted by atomic mass is 35.5. The Morgan fingerprint density at radius 2 is 1.84 bits per heavy atom. The molecule has 0 atom stereocenters. The molecule has 2 nitrogen and oxygen atoms in total. The molecule has 0 N–H and O–H groups in total. The van der Waals surface area contributed by atoms with Gasteiger partial charge in [-0.05, 0) is 24.3 Å². The summed E-state index contributed by atoms with van der Waals surface area (Å²) in [6.45, 7) is 0. The van der Waals surface area contributed by atoms with E-state index in [2.05, 4.69) is 0 Å². The Morgan fingerprint density at radius 1 is 1.11 bits per heavy atom. The van der Waals surface area contributed by atoms with E-state index >= 15 is 0 Å². The van der Waals surface area contributed by atoms with Gasteiger partial charge in [0.15, 0.2) is 5.78 Å². The van der Waals surface area contributed by atoms with Gasteiger partial charge in [0.1, 0.15) is 17.4 Å². The van der Waals surface area contributed by atoms with Gasteiger partial charge in [0.2, 0.25) is 0 Å². The summed E-state index contributed by atoms with van der Waals surface area (Å²) in [6, 6.07) is 7.62. The van der Waals surface area contributed by atoms with Crippen molar-refractivity contribution in [2.75, 3.05) is 7.11 Å². The number of carbonyl (C=O) groups excluding carboxylic acids is 1. The smallest absolute Gasteiger partial charge is 0.197 e. The molecule has 0 amide bonds. The number of ketones is 1. The molecule has 98 valence electrons. The first-order valence-corrected chi connectivity index (χ1v) is 5.74. The van der Waals surface area contributed by atoms with Crippen molar-refractivity contribution in [3.05, 3.63) is 64.2 Å². The second-order valence-electron chi connectivity index (χ2n) is 3.78. The maximum atomic E-state index is 13.8. The molecule has 19 heavy (non-hydrogen) atoms. The number of carbonyl (C=O) groups is 1. The van der Waals surface area contributed by atoms with Crippen molar-refractivity contribution >= 4 is 17.4 Å². The van der Waals surface area contributed by atoms with Crippen molar-refractivity contribution in [2.45, 2.75) is 0 Å². The topological polar surface area (TPSA) is 26.3 Å². The van der Waals surface area contributed by atoms with Crippen LogP contribution in [-0.4, -0.2) is 12.9 Å². The van der Waals surface area contributed by atoms with Gasteiger partial charge in [0.05, 0.1) is 17.7 Å². The number of methoxy groups -OCH3 is 1. The Labute approximate surface area is 113 Å². The SMILES string of the molecule is COc1ccc(C(=O)c2cccc(F)c2Cl)c(F)c1. The zero-order valence-corrected chi connectivity index (χ0v) is 10.7. The molecule has 0 fully saturated rings.